The maximum Gasteiger partial charge on any atom is 0.271 e. The average molecular weight is 404 g/mol. The van der Waals surface area contributed by atoms with Gasteiger partial charge >= 0.3 is 0 Å². The number of aromatic nitrogens is 2. The molecule has 1 amide bonds. The van der Waals surface area contributed by atoms with E-state index in [0.29, 0.717) is 13.2 Å². The van der Waals surface area contributed by atoms with E-state index in [4.69, 9.17) is 26.8 Å². The highest BCUT2D eigenvalue weighted by atomic mass is 35.5. The topological polar surface area (TPSA) is 103 Å². The molecule has 9 heteroatoms. The van der Waals surface area contributed by atoms with E-state index in [1.165, 1.54) is 6.20 Å². The lowest BCUT2D eigenvalue weighted by atomic mass is 10.0. The molecule has 2 aliphatic heterocycles. The van der Waals surface area contributed by atoms with Gasteiger partial charge in [0.15, 0.2) is 17.3 Å². The van der Waals surface area contributed by atoms with Crippen molar-refractivity contribution in [3.05, 3.63) is 40.8 Å². The van der Waals surface area contributed by atoms with E-state index >= 15 is 0 Å². The Bertz CT molecular complexity index is 891. The van der Waals surface area contributed by atoms with Crippen molar-refractivity contribution in [2.24, 2.45) is 5.73 Å². The smallest absolute Gasteiger partial charge is 0.271 e. The summed E-state index contributed by atoms with van der Waals surface area (Å²) >= 11 is 5.93. The number of benzene rings is 1. The largest absolute Gasteiger partial charge is 0.371 e. The van der Waals surface area contributed by atoms with Crippen molar-refractivity contribution in [3.63, 3.8) is 0 Å². The first-order valence-electron chi connectivity index (χ1n) is 9.19. The van der Waals surface area contributed by atoms with Gasteiger partial charge in [0.1, 0.15) is 5.15 Å². The number of halogens is 1. The fourth-order valence-corrected chi connectivity index (χ4v) is 3.81. The van der Waals surface area contributed by atoms with Crippen molar-refractivity contribution in [1.82, 2.24) is 9.97 Å². The Morgan fingerprint density at radius 1 is 1.29 bits per heavy atom. The molecule has 0 saturated carbocycles. The van der Waals surface area contributed by atoms with Crippen molar-refractivity contribution in [3.8, 4) is 0 Å². The second kappa shape index (κ2) is 7.54. The van der Waals surface area contributed by atoms with E-state index in [1.54, 1.807) is 0 Å². The van der Waals surface area contributed by atoms with Gasteiger partial charge in [0.2, 0.25) is 0 Å². The predicted octanol–water partition coefficient (Wildman–Crippen LogP) is 2.62. The highest BCUT2D eigenvalue weighted by Crippen LogP contribution is 2.35. The Balaban J connectivity index is 1.55. The molecule has 2 fully saturated rings. The van der Waals surface area contributed by atoms with E-state index in [0.717, 1.165) is 42.9 Å². The number of carbonyl (C=O) groups excluding carboxylic acids is 1. The molecule has 2 aromatic rings. The molecule has 0 bridgehead atoms. The molecular formula is C19H22ClN5O3. The van der Waals surface area contributed by atoms with Crippen molar-refractivity contribution >= 4 is 34.7 Å². The Morgan fingerprint density at radius 2 is 2.00 bits per heavy atom. The van der Waals surface area contributed by atoms with Gasteiger partial charge in [-0.1, -0.05) is 17.7 Å². The summed E-state index contributed by atoms with van der Waals surface area (Å²) in [4.78, 5) is 22.1. The number of anilines is 3. The van der Waals surface area contributed by atoms with Gasteiger partial charge in [0.05, 0.1) is 19.4 Å². The fourth-order valence-electron chi connectivity index (χ4n) is 3.67. The molecule has 2 aliphatic rings. The van der Waals surface area contributed by atoms with Crippen LogP contribution in [0.5, 0.6) is 0 Å². The van der Waals surface area contributed by atoms with E-state index in [2.05, 4.69) is 27.1 Å². The molecule has 3 heterocycles. The number of nitrogens with two attached hydrogens (primary N) is 1. The van der Waals surface area contributed by atoms with Crippen LogP contribution in [-0.4, -0.2) is 48.0 Å². The summed E-state index contributed by atoms with van der Waals surface area (Å²) in [6, 6.07) is 5.96. The number of hydrogen-bond donors (Lipinski definition) is 2. The van der Waals surface area contributed by atoms with Crippen LogP contribution in [0.4, 0.5) is 17.2 Å². The summed E-state index contributed by atoms with van der Waals surface area (Å²) in [6.45, 7) is 5.09. The zero-order chi connectivity index (χ0) is 19.7. The third-order valence-electron chi connectivity index (χ3n) is 5.13. The molecule has 0 unspecified atom stereocenters. The third-order valence-corrected chi connectivity index (χ3v) is 5.31. The van der Waals surface area contributed by atoms with Crippen LogP contribution in [-0.2, 0) is 9.47 Å². The first kappa shape index (κ1) is 18.9. The average Bonchev–Trinajstić information content (AvgIpc) is 3.12. The number of aryl methyl sites for hydroxylation is 1. The normalized spacial score (nSPS) is 18.4. The lowest BCUT2D eigenvalue weighted by Crippen LogP contribution is -2.45. The molecule has 3 N–H and O–H groups in total. The highest BCUT2D eigenvalue weighted by molar-refractivity contribution is 6.29. The van der Waals surface area contributed by atoms with Gasteiger partial charge in [0.25, 0.3) is 5.91 Å². The monoisotopic (exact) mass is 403 g/mol. The van der Waals surface area contributed by atoms with Crippen LogP contribution < -0.4 is 16.0 Å². The summed E-state index contributed by atoms with van der Waals surface area (Å²) in [7, 11) is 0. The molecule has 1 aromatic carbocycles. The summed E-state index contributed by atoms with van der Waals surface area (Å²) in [6.07, 6.45) is 2.95. The van der Waals surface area contributed by atoms with Gasteiger partial charge < -0.3 is 25.4 Å². The van der Waals surface area contributed by atoms with Gasteiger partial charge in [-0.15, -0.1) is 0 Å². The molecule has 1 spiro atoms. The van der Waals surface area contributed by atoms with Gasteiger partial charge in [0, 0.05) is 37.3 Å². The molecule has 0 atom stereocenters. The first-order chi connectivity index (χ1) is 13.5. The van der Waals surface area contributed by atoms with Gasteiger partial charge in [-0.2, -0.15) is 0 Å². The molecular weight excluding hydrogens is 382 g/mol. The standard InChI is InChI=1S/C19H22ClN5O3/c1-12-2-3-13(23-18-16(17(21)26)22-11-15(20)24-18)10-14(12)25-6-4-19(5-7-25)27-8-9-28-19/h2-3,10-11H,4-9H2,1H3,(H2,21,26)(H,23,24). The van der Waals surface area contributed by atoms with E-state index in [1.807, 2.05) is 18.2 Å². The molecule has 148 valence electrons. The number of carbonyl (C=O) groups is 1. The summed E-state index contributed by atoms with van der Waals surface area (Å²) in [5.41, 5.74) is 8.46. The molecule has 8 nitrogen and oxygen atoms in total. The first-order valence-corrected chi connectivity index (χ1v) is 9.56. The lowest BCUT2D eigenvalue weighted by molar-refractivity contribution is -0.169. The van der Waals surface area contributed by atoms with Crippen LogP contribution >= 0.6 is 11.6 Å². The Hall–Kier alpha value is -2.42. The van der Waals surface area contributed by atoms with Gasteiger partial charge in [-0.3, -0.25) is 4.79 Å². The SMILES string of the molecule is Cc1ccc(Nc2nc(Cl)cnc2C(N)=O)cc1N1CCC2(CC1)OCCO2. The molecule has 0 aliphatic carbocycles. The third kappa shape index (κ3) is 3.76. The molecule has 0 radical (unpaired) electrons. The maximum atomic E-state index is 11.6. The highest BCUT2D eigenvalue weighted by Gasteiger charge is 2.40. The number of ether oxygens (including phenoxy) is 2. The van der Waals surface area contributed by atoms with E-state index in [9.17, 15) is 4.79 Å². The minimum absolute atomic E-state index is 0.0435. The number of amides is 1. The molecule has 1 aromatic heterocycles. The number of rotatable bonds is 4. The number of primary amides is 1. The quantitative estimate of drug-likeness (QED) is 0.808. The van der Waals surface area contributed by atoms with Gasteiger partial charge in [-0.25, -0.2) is 9.97 Å². The van der Waals surface area contributed by atoms with Crippen LogP contribution in [0.3, 0.4) is 0 Å². The van der Waals surface area contributed by atoms with Gasteiger partial charge in [-0.05, 0) is 24.6 Å². The lowest BCUT2D eigenvalue weighted by Gasteiger charge is -2.39. The summed E-state index contributed by atoms with van der Waals surface area (Å²) < 4.78 is 11.6. The minimum atomic E-state index is -0.670. The zero-order valence-corrected chi connectivity index (χ0v) is 16.3. The van der Waals surface area contributed by atoms with E-state index in [-0.39, 0.29) is 16.7 Å². The van der Waals surface area contributed by atoms with Crippen LogP contribution in [0.1, 0.15) is 28.9 Å². The van der Waals surface area contributed by atoms with Crippen LogP contribution in [0, 0.1) is 6.92 Å². The van der Waals surface area contributed by atoms with Crippen molar-refractivity contribution < 1.29 is 14.3 Å². The maximum absolute atomic E-state index is 11.6. The van der Waals surface area contributed by atoms with Crippen molar-refractivity contribution in [2.45, 2.75) is 25.6 Å². The number of nitrogens with zero attached hydrogens (tertiary/aromatic N) is 3. The zero-order valence-electron chi connectivity index (χ0n) is 15.6. The van der Waals surface area contributed by atoms with Crippen LogP contribution in [0.2, 0.25) is 5.15 Å². The number of nitrogens with one attached hydrogen (secondary N) is 1. The fraction of sp³-hybridized carbons (Fsp3) is 0.421. The Morgan fingerprint density at radius 3 is 2.68 bits per heavy atom. The summed E-state index contributed by atoms with van der Waals surface area (Å²) in [5, 5.41) is 3.29. The number of hydrogen-bond acceptors (Lipinski definition) is 7. The molecule has 4 rings (SSSR count). The predicted molar refractivity (Wildman–Crippen MR) is 106 cm³/mol. The Kier molecular flexibility index (Phi) is 5.09. The molecule has 2 saturated heterocycles. The van der Waals surface area contributed by atoms with E-state index < -0.39 is 11.7 Å². The Labute approximate surface area is 168 Å². The second-order valence-corrected chi connectivity index (χ2v) is 7.36. The molecule has 28 heavy (non-hydrogen) atoms. The van der Waals surface area contributed by atoms with Crippen LogP contribution in [0.15, 0.2) is 24.4 Å². The van der Waals surface area contributed by atoms with Crippen molar-refractivity contribution in [2.75, 3.05) is 36.5 Å². The number of piperidine rings is 1. The van der Waals surface area contributed by atoms with Crippen LogP contribution in [0.25, 0.3) is 0 Å². The minimum Gasteiger partial charge on any atom is -0.371 e. The second-order valence-electron chi connectivity index (χ2n) is 6.98. The van der Waals surface area contributed by atoms with Crippen molar-refractivity contribution in [1.29, 1.82) is 0 Å². The summed E-state index contributed by atoms with van der Waals surface area (Å²) in [5.74, 6) is -0.843.